The van der Waals surface area contributed by atoms with Crippen LogP contribution >= 0.6 is 35.0 Å². The second-order valence-corrected chi connectivity index (χ2v) is 9.87. The maximum Gasteiger partial charge on any atom is 0.310 e. The average molecular weight is 480 g/mol. The summed E-state index contributed by atoms with van der Waals surface area (Å²) in [5, 5.41) is 1.33. The molecule has 7 heteroatoms. The number of fused-ring (bicyclic) bond motifs is 2. The zero-order valence-corrected chi connectivity index (χ0v) is 19.9. The Kier molecular flexibility index (Phi) is 7.83. The first-order chi connectivity index (χ1) is 15.0. The van der Waals surface area contributed by atoms with Gasteiger partial charge in [0.05, 0.1) is 30.3 Å². The second-order valence-electron chi connectivity index (χ2n) is 7.97. The Hall–Kier alpha value is -1.24. The number of benzene rings is 2. The molecule has 0 spiro atoms. The summed E-state index contributed by atoms with van der Waals surface area (Å²) in [6.45, 7) is 5.42. The van der Waals surface area contributed by atoms with Gasteiger partial charge in [0.1, 0.15) is 0 Å². The van der Waals surface area contributed by atoms with Gasteiger partial charge >= 0.3 is 5.97 Å². The van der Waals surface area contributed by atoms with Crippen molar-refractivity contribution in [2.45, 2.75) is 42.1 Å². The lowest BCUT2D eigenvalue weighted by atomic mass is 9.98. The highest BCUT2D eigenvalue weighted by molar-refractivity contribution is 7.99. The van der Waals surface area contributed by atoms with E-state index in [2.05, 4.69) is 23.1 Å². The summed E-state index contributed by atoms with van der Waals surface area (Å²) in [6.07, 6.45) is 2.58. The van der Waals surface area contributed by atoms with Gasteiger partial charge in [-0.25, -0.2) is 0 Å². The van der Waals surface area contributed by atoms with Gasteiger partial charge in [-0.3, -0.25) is 4.79 Å². The van der Waals surface area contributed by atoms with Crippen molar-refractivity contribution >= 4 is 40.9 Å². The molecule has 0 radical (unpaired) electrons. The predicted octanol–water partition coefficient (Wildman–Crippen LogP) is 6.03. The lowest BCUT2D eigenvalue weighted by Crippen LogP contribution is -2.41. The maximum atomic E-state index is 12.1. The van der Waals surface area contributed by atoms with Gasteiger partial charge in [0.15, 0.2) is 0 Å². The molecule has 0 aromatic heterocycles. The Balaban J connectivity index is 1.43. The summed E-state index contributed by atoms with van der Waals surface area (Å²) in [7, 11) is 0. The lowest BCUT2D eigenvalue weighted by Gasteiger charge is -2.31. The first kappa shape index (κ1) is 22.9. The normalized spacial score (nSPS) is 21.1. The van der Waals surface area contributed by atoms with Gasteiger partial charge in [0.25, 0.3) is 0 Å². The molecule has 2 unspecified atom stereocenters. The largest absolute Gasteiger partial charge is 0.466 e. The summed E-state index contributed by atoms with van der Waals surface area (Å²) in [4.78, 5) is 16.6. The van der Waals surface area contributed by atoms with Crippen LogP contribution in [-0.4, -0.2) is 43.7 Å². The van der Waals surface area contributed by atoms with Crippen LogP contribution in [0.4, 0.5) is 0 Å². The average Bonchev–Trinajstić information content (AvgIpc) is 2.91. The minimum atomic E-state index is -0.0757. The zero-order valence-electron chi connectivity index (χ0n) is 17.6. The van der Waals surface area contributed by atoms with Gasteiger partial charge in [-0.2, -0.15) is 0 Å². The number of hydrogen-bond acceptors (Lipinski definition) is 5. The van der Waals surface area contributed by atoms with E-state index in [9.17, 15) is 4.79 Å². The molecular formula is C24H27Cl2NO3S. The molecule has 4 rings (SSSR count). The number of likely N-dealkylation sites (tertiary alicyclic amines) is 1. The van der Waals surface area contributed by atoms with E-state index in [0.717, 1.165) is 54.3 Å². The van der Waals surface area contributed by atoms with Crippen LogP contribution in [0.25, 0.3) is 0 Å². The summed E-state index contributed by atoms with van der Waals surface area (Å²) in [6, 6.07) is 12.1. The molecule has 0 bridgehead atoms. The molecule has 2 aliphatic rings. The quantitative estimate of drug-likeness (QED) is 0.472. The van der Waals surface area contributed by atoms with Crippen LogP contribution in [-0.2, 0) is 20.7 Å². The van der Waals surface area contributed by atoms with E-state index in [1.165, 1.54) is 5.56 Å². The van der Waals surface area contributed by atoms with Gasteiger partial charge in [0.2, 0.25) is 0 Å². The highest BCUT2D eigenvalue weighted by atomic mass is 35.5. The molecular weight excluding hydrogens is 453 g/mol. The first-order valence-corrected chi connectivity index (χ1v) is 12.4. The Bertz CT molecular complexity index is 939. The van der Waals surface area contributed by atoms with Gasteiger partial charge in [-0.1, -0.05) is 53.2 Å². The van der Waals surface area contributed by atoms with Crippen molar-refractivity contribution in [3.8, 4) is 0 Å². The fourth-order valence-electron chi connectivity index (χ4n) is 4.32. The smallest absolute Gasteiger partial charge is 0.310 e. The van der Waals surface area contributed by atoms with E-state index in [-0.39, 0.29) is 18.0 Å². The van der Waals surface area contributed by atoms with Crippen LogP contribution in [0.5, 0.6) is 0 Å². The summed E-state index contributed by atoms with van der Waals surface area (Å²) in [5.74, 6) is -0.104. The van der Waals surface area contributed by atoms with Crippen molar-refractivity contribution in [3.63, 3.8) is 0 Å². The number of carbonyl (C=O) groups is 1. The number of hydrogen-bond donors (Lipinski definition) is 0. The molecule has 31 heavy (non-hydrogen) atoms. The molecule has 4 nitrogen and oxygen atoms in total. The molecule has 0 N–H and O–H groups in total. The molecule has 2 heterocycles. The van der Waals surface area contributed by atoms with E-state index in [0.29, 0.717) is 23.3 Å². The lowest BCUT2D eigenvalue weighted by molar-refractivity contribution is -0.150. The van der Waals surface area contributed by atoms with Crippen molar-refractivity contribution in [3.05, 3.63) is 57.6 Å². The van der Waals surface area contributed by atoms with Crippen LogP contribution < -0.4 is 0 Å². The minimum Gasteiger partial charge on any atom is -0.466 e. The third-order valence-corrected chi connectivity index (χ3v) is 7.73. The number of carbonyl (C=O) groups excluding carboxylic acids is 1. The fraction of sp³-hybridized carbons (Fsp3) is 0.458. The van der Waals surface area contributed by atoms with Crippen LogP contribution in [0.1, 0.15) is 37.0 Å². The third-order valence-electron chi connectivity index (χ3n) is 5.82. The maximum absolute atomic E-state index is 12.1. The number of ether oxygens (including phenoxy) is 2. The van der Waals surface area contributed by atoms with E-state index < -0.39 is 0 Å². The monoisotopic (exact) mass is 479 g/mol. The molecule has 2 aromatic carbocycles. The summed E-state index contributed by atoms with van der Waals surface area (Å²) < 4.78 is 11.6. The van der Waals surface area contributed by atoms with E-state index in [1.54, 1.807) is 17.8 Å². The molecule has 1 fully saturated rings. The van der Waals surface area contributed by atoms with Crippen molar-refractivity contribution in [2.75, 3.05) is 32.8 Å². The Labute approximate surface area is 198 Å². The van der Waals surface area contributed by atoms with Crippen molar-refractivity contribution in [1.82, 2.24) is 4.90 Å². The number of rotatable bonds is 6. The van der Waals surface area contributed by atoms with Gasteiger partial charge in [-0.05, 0) is 55.6 Å². The van der Waals surface area contributed by atoms with E-state index in [1.807, 2.05) is 19.1 Å². The first-order valence-electron chi connectivity index (χ1n) is 10.8. The molecule has 1 saturated heterocycles. The molecule has 2 aliphatic heterocycles. The van der Waals surface area contributed by atoms with E-state index in [4.69, 9.17) is 32.7 Å². The molecule has 166 valence electrons. The number of piperidine rings is 1. The van der Waals surface area contributed by atoms with Gasteiger partial charge in [-0.15, -0.1) is 0 Å². The summed E-state index contributed by atoms with van der Waals surface area (Å²) >= 11 is 14.5. The standard InChI is InChI=1S/C24H27Cl2NO3S/c1-2-29-24(28)16-6-5-9-27(15-16)10-11-30-21-13-17-12-18(25)14-20(26)23(17)31-22-8-4-3-7-19(21)22/h3-4,7-8,12,14,16,21H,2,5-6,9-11,13,15H2,1H3. The van der Waals surface area contributed by atoms with Crippen LogP contribution in [0.3, 0.4) is 0 Å². The molecule has 0 amide bonds. The molecule has 0 saturated carbocycles. The highest BCUT2D eigenvalue weighted by Gasteiger charge is 2.28. The highest BCUT2D eigenvalue weighted by Crippen LogP contribution is 2.45. The molecule has 0 aliphatic carbocycles. The van der Waals surface area contributed by atoms with Crippen molar-refractivity contribution in [2.24, 2.45) is 5.92 Å². The summed E-state index contributed by atoms with van der Waals surface area (Å²) in [5.41, 5.74) is 2.29. The van der Waals surface area contributed by atoms with Crippen molar-refractivity contribution < 1.29 is 14.3 Å². The Morgan fingerprint density at radius 1 is 1.26 bits per heavy atom. The number of halogens is 2. The van der Waals surface area contributed by atoms with Gasteiger partial charge < -0.3 is 14.4 Å². The van der Waals surface area contributed by atoms with Crippen LogP contribution in [0.15, 0.2) is 46.2 Å². The predicted molar refractivity (Wildman–Crippen MR) is 125 cm³/mol. The van der Waals surface area contributed by atoms with E-state index >= 15 is 0 Å². The molecule has 2 atom stereocenters. The SMILES string of the molecule is CCOC(=O)C1CCCN(CCOC2Cc3cc(Cl)cc(Cl)c3Sc3ccccc32)C1. The molecule has 2 aromatic rings. The van der Waals surface area contributed by atoms with Crippen molar-refractivity contribution in [1.29, 1.82) is 0 Å². The van der Waals surface area contributed by atoms with Crippen LogP contribution in [0.2, 0.25) is 10.0 Å². The van der Waals surface area contributed by atoms with Crippen LogP contribution in [0, 0.1) is 5.92 Å². The zero-order chi connectivity index (χ0) is 21.8. The van der Waals surface area contributed by atoms with Gasteiger partial charge in [0, 0.05) is 34.3 Å². The number of esters is 1. The number of nitrogens with zero attached hydrogens (tertiary/aromatic N) is 1. The topological polar surface area (TPSA) is 38.8 Å². The fourth-order valence-corrected chi connectivity index (χ4v) is 6.09. The second kappa shape index (κ2) is 10.6. The Morgan fingerprint density at radius 3 is 2.94 bits per heavy atom. The Morgan fingerprint density at radius 2 is 2.10 bits per heavy atom. The third kappa shape index (κ3) is 5.58. The minimum absolute atomic E-state index is 0.0279.